The van der Waals surface area contributed by atoms with Gasteiger partial charge in [0.25, 0.3) is 11.8 Å². The number of carboxylic acids is 1. The third kappa shape index (κ3) is 6.22. The molecule has 0 spiro atoms. The van der Waals surface area contributed by atoms with Gasteiger partial charge < -0.3 is 26.7 Å². The number of carbonyl (C=O) groups is 3. The normalized spacial score (nSPS) is 19.1. The van der Waals surface area contributed by atoms with E-state index in [4.69, 9.17) is 21.7 Å². The van der Waals surface area contributed by atoms with Gasteiger partial charge in [-0.15, -0.1) is 33.3 Å². The smallest absolute Gasteiger partial charge is 0.352 e. The van der Waals surface area contributed by atoms with E-state index in [2.05, 4.69) is 25.7 Å². The number of thioether (sulfide) groups is 3. The van der Waals surface area contributed by atoms with E-state index in [1.807, 2.05) is 0 Å². The number of anilines is 1. The summed E-state index contributed by atoms with van der Waals surface area (Å²) in [5.41, 5.74) is 11.5. The first-order chi connectivity index (χ1) is 18.2. The van der Waals surface area contributed by atoms with Crippen molar-refractivity contribution >= 4 is 92.4 Å². The van der Waals surface area contributed by atoms with Crippen LogP contribution in [0.2, 0.25) is 0 Å². The number of hydrogen-bond acceptors (Lipinski definition) is 15. The van der Waals surface area contributed by atoms with E-state index in [0.717, 1.165) is 15.7 Å². The van der Waals surface area contributed by atoms with Crippen LogP contribution in [0.1, 0.15) is 12.1 Å². The number of β-lactam (4-membered cyclic amide) rings is 1. The van der Waals surface area contributed by atoms with Gasteiger partial charge in [-0.3, -0.25) is 19.9 Å². The Labute approximate surface area is 236 Å². The van der Waals surface area contributed by atoms with Crippen molar-refractivity contribution in [3.8, 4) is 0 Å². The van der Waals surface area contributed by atoms with E-state index in [1.165, 1.54) is 64.0 Å². The zero-order valence-corrected chi connectivity index (χ0v) is 23.7. The van der Waals surface area contributed by atoms with Gasteiger partial charge in [-0.25, -0.2) is 9.78 Å². The fraction of sp³-hybridized carbons (Fsp3) is 0.368. The Morgan fingerprint density at radius 1 is 1.37 bits per heavy atom. The summed E-state index contributed by atoms with van der Waals surface area (Å²) in [6, 6.07) is -0.938. The average molecular weight is 616 g/mol. The van der Waals surface area contributed by atoms with Crippen molar-refractivity contribution in [3.05, 3.63) is 22.3 Å². The minimum atomic E-state index is -1.22. The molecular weight excluding hydrogens is 595 g/mol. The third-order valence-corrected chi connectivity index (χ3v) is 10.3. The number of nitrogens with zero attached hydrogens (tertiary/aromatic N) is 5. The molecule has 38 heavy (non-hydrogen) atoms. The van der Waals surface area contributed by atoms with E-state index < -0.39 is 29.2 Å². The summed E-state index contributed by atoms with van der Waals surface area (Å²) in [5.74, 6) is -1.06. The minimum Gasteiger partial charge on any atom is -0.477 e. The van der Waals surface area contributed by atoms with Crippen LogP contribution in [0.5, 0.6) is 0 Å². The molecule has 1 fully saturated rings. The van der Waals surface area contributed by atoms with Crippen LogP contribution in [0.25, 0.3) is 0 Å². The number of nitrogens with one attached hydrogen (secondary N) is 2. The lowest BCUT2D eigenvalue weighted by atomic mass is 10.0. The fourth-order valence-electron chi connectivity index (χ4n) is 3.41. The van der Waals surface area contributed by atoms with Gasteiger partial charge in [0.15, 0.2) is 19.5 Å². The number of thiazole rings is 1. The van der Waals surface area contributed by atoms with E-state index in [-0.39, 0.29) is 28.1 Å². The summed E-state index contributed by atoms with van der Waals surface area (Å²) in [6.45, 7) is 0. The van der Waals surface area contributed by atoms with Crippen LogP contribution in [0.3, 0.4) is 0 Å². The van der Waals surface area contributed by atoms with Gasteiger partial charge in [0.1, 0.15) is 29.9 Å². The molecule has 0 radical (unpaired) electrons. The maximum absolute atomic E-state index is 13.0. The van der Waals surface area contributed by atoms with Crippen molar-refractivity contribution in [2.45, 2.75) is 26.5 Å². The molecule has 0 aliphatic carbocycles. The SMILES string of the molecule is CON=C(C(=O)N[C@@H]1C(=O)N2C(C(=O)O)=C(CSc3nnc(SCCC(=N)N)s3)CS[C@@H]12)c1csc(N)n1. The molecule has 2 aliphatic rings. The van der Waals surface area contributed by atoms with E-state index in [9.17, 15) is 19.5 Å². The molecule has 0 aromatic carbocycles. The first-order valence-corrected chi connectivity index (χ1v) is 15.4. The first-order valence-electron chi connectivity index (χ1n) is 10.6. The Hall–Kier alpha value is -2.87. The van der Waals surface area contributed by atoms with Gasteiger partial charge in [0.2, 0.25) is 0 Å². The molecule has 0 saturated carbocycles. The molecule has 0 bridgehead atoms. The van der Waals surface area contributed by atoms with Crippen LogP contribution < -0.4 is 16.8 Å². The van der Waals surface area contributed by atoms with Crippen molar-refractivity contribution in [3.63, 3.8) is 0 Å². The molecule has 2 aromatic heterocycles. The van der Waals surface area contributed by atoms with Gasteiger partial charge in [-0.1, -0.05) is 40.0 Å². The summed E-state index contributed by atoms with van der Waals surface area (Å²) in [7, 11) is 1.27. The first kappa shape index (κ1) is 28.1. The Morgan fingerprint density at radius 3 is 2.74 bits per heavy atom. The monoisotopic (exact) mass is 615 g/mol. The number of nitrogens with two attached hydrogens (primary N) is 2. The van der Waals surface area contributed by atoms with Gasteiger partial charge in [0.05, 0.1) is 5.84 Å². The van der Waals surface area contributed by atoms with Crippen molar-refractivity contribution in [1.82, 2.24) is 25.4 Å². The number of fused-ring (bicyclic) bond motifs is 1. The lowest BCUT2D eigenvalue weighted by molar-refractivity contribution is -0.150. The third-order valence-electron chi connectivity index (χ3n) is 5.05. The molecule has 1 saturated heterocycles. The minimum absolute atomic E-state index is 0.0876. The quantitative estimate of drug-likeness (QED) is 0.0736. The highest BCUT2D eigenvalue weighted by atomic mass is 32.2. The van der Waals surface area contributed by atoms with Crippen LogP contribution in [0.4, 0.5) is 5.13 Å². The number of amides is 2. The predicted molar refractivity (Wildman–Crippen MR) is 148 cm³/mol. The summed E-state index contributed by atoms with van der Waals surface area (Å²) in [4.78, 5) is 48.0. The van der Waals surface area contributed by atoms with Crippen LogP contribution in [-0.2, 0) is 19.2 Å². The molecule has 4 rings (SSSR count). The molecule has 2 atom stereocenters. The molecule has 2 amide bonds. The molecule has 202 valence electrons. The Morgan fingerprint density at radius 2 is 2.11 bits per heavy atom. The van der Waals surface area contributed by atoms with E-state index in [1.54, 1.807) is 0 Å². The van der Waals surface area contributed by atoms with Gasteiger partial charge in [-0.05, 0) is 5.57 Å². The number of carbonyl (C=O) groups excluding carboxylic acids is 2. The highest BCUT2D eigenvalue weighted by Gasteiger charge is 2.54. The molecule has 2 aromatic rings. The lowest BCUT2D eigenvalue weighted by Crippen LogP contribution is -2.71. The highest BCUT2D eigenvalue weighted by molar-refractivity contribution is 8.03. The second-order valence-electron chi connectivity index (χ2n) is 7.56. The summed E-state index contributed by atoms with van der Waals surface area (Å²) in [6.07, 6.45) is 0.450. The number of aromatic nitrogens is 3. The fourth-order valence-corrected chi connectivity index (χ4v) is 8.50. The maximum Gasteiger partial charge on any atom is 0.352 e. The zero-order valence-electron chi connectivity index (χ0n) is 19.6. The summed E-state index contributed by atoms with van der Waals surface area (Å²) in [5, 5.41) is 32.9. The van der Waals surface area contributed by atoms with Crippen molar-refractivity contribution in [2.24, 2.45) is 10.9 Å². The van der Waals surface area contributed by atoms with Gasteiger partial charge in [-0.2, -0.15) is 0 Å². The van der Waals surface area contributed by atoms with Crippen molar-refractivity contribution in [2.75, 3.05) is 30.1 Å². The van der Waals surface area contributed by atoms with Gasteiger partial charge in [0, 0.05) is 29.1 Å². The number of oxime groups is 1. The van der Waals surface area contributed by atoms with Crippen LogP contribution >= 0.6 is 58.0 Å². The number of amidine groups is 1. The molecule has 19 heteroatoms. The second kappa shape index (κ2) is 12.3. The van der Waals surface area contributed by atoms with Crippen LogP contribution in [0, 0.1) is 5.41 Å². The molecular formula is C19H21N9O5S5. The Balaban J connectivity index is 1.41. The average Bonchev–Trinajstić information content (AvgIpc) is 3.52. The molecule has 7 N–H and O–H groups in total. The molecule has 2 aliphatic heterocycles. The van der Waals surface area contributed by atoms with Crippen molar-refractivity contribution < 1.29 is 24.3 Å². The number of hydrogen-bond donors (Lipinski definition) is 5. The Bertz CT molecular complexity index is 1330. The summed E-state index contributed by atoms with van der Waals surface area (Å²) >= 11 is 6.62. The highest BCUT2D eigenvalue weighted by Crippen LogP contribution is 2.42. The Kier molecular flexibility index (Phi) is 9.13. The topological polar surface area (TPSA) is 223 Å². The van der Waals surface area contributed by atoms with Crippen molar-refractivity contribution in [1.29, 1.82) is 5.41 Å². The zero-order chi connectivity index (χ0) is 27.4. The largest absolute Gasteiger partial charge is 0.477 e. The lowest BCUT2D eigenvalue weighted by Gasteiger charge is -2.49. The van der Waals surface area contributed by atoms with E-state index in [0.29, 0.717) is 33.6 Å². The van der Waals surface area contributed by atoms with Crippen LogP contribution in [-0.4, -0.2) is 90.3 Å². The molecule has 4 heterocycles. The number of nitrogen functional groups attached to an aromatic ring is 1. The second-order valence-corrected chi connectivity index (χ2v) is 13.1. The molecule has 14 nitrogen and oxygen atoms in total. The molecule has 0 unspecified atom stereocenters. The predicted octanol–water partition coefficient (Wildman–Crippen LogP) is 0.876. The maximum atomic E-state index is 13.0. The van der Waals surface area contributed by atoms with E-state index >= 15 is 0 Å². The number of aliphatic carboxylic acids is 1. The van der Waals surface area contributed by atoms with Gasteiger partial charge >= 0.3 is 5.97 Å². The number of rotatable bonds is 12. The summed E-state index contributed by atoms with van der Waals surface area (Å²) < 4.78 is 1.39. The number of carboxylic acid groups (broad SMARTS) is 1. The standard InChI is InChI=1S/C19H21N9O5S5/c1-33-27-10(8-6-36-17(22)23-8)13(29)24-11-14(30)28-12(16(31)32)7(4-35-15(11)28)5-37-19-26-25-18(38-19)34-3-2-9(20)21/h6,11,15H,2-5H2,1H3,(H3,20,21)(H2,22,23)(H,24,29)(H,31,32)/t11-,15+/m1/s1. The van der Waals surface area contributed by atoms with Crippen LogP contribution in [0.15, 0.2) is 30.5 Å².